The van der Waals surface area contributed by atoms with Gasteiger partial charge in [-0.2, -0.15) is 0 Å². The van der Waals surface area contributed by atoms with Gasteiger partial charge in [-0.15, -0.1) is 5.10 Å². The first kappa shape index (κ1) is 12.0. The normalized spacial score (nSPS) is 21.2. The minimum Gasteiger partial charge on any atom is -0.483 e. The Bertz CT molecular complexity index is 435. The highest BCUT2D eigenvalue weighted by atomic mass is 16.5. The van der Waals surface area contributed by atoms with Crippen molar-refractivity contribution in [2.75, 3.05) is 12.1 Å². The van der Waals surface area contributed by atoms with E-state index in [0.29, 0.717) is 0 Å². The van der Waals surface area contributed by atoms with Gasteiger partial charge in [-0.1, -0.05) is 18.2 Å². The van der Waals surface area contributed by atoms with Crippen LogP contribution in [0.2, 0.25) is 0 Å². The Morgan fingerprint density at radius 3 is 2.12 bits per heavy atom. The van der Waals surface area contributed by atoms with E-state index in [-0.39, 0.29) is 11.0 Å². The maximum absolute atomic E-state index is 5.42. The van der Waals surface area contributed by atoms with Gasteiger partial charge < -0.3 is 4.74 Å². The van der Waals surface area contributed by atoms with Crippen molar-refractivity contribution in [3.8, 4) is 0 Å². The van der Waals surface area contributed by atoms with Gasteiger partial charge in [-0.25, -0.2) is 0 Å². The number of methoxy groups -OCH3 is 1. The molecule has 1 aromatic carbocycles. The summed E-state index contributed by atoms with van der Waals surface area (Å²) in [5.41, 5.74) is 0.870. The molecule has 3 nitrogen and oxygen atoms in total. The molecule has 1 heterocycles. The zero-order valence-corrected chi connectivity index (χ0v) is 11.2. The van der Waals surface area contributed by atoms with Crippen molar-refractivity contribution < 1.29 is 4.74 Å². The molecule has 0 fully saturated rings. The molecule has 0 radical (unpaired) electrons. The highest BCUT2D eigenvalue weighted by molar-refractivity contribution is 5.88. The summed E-state index contributed by atoms with van der Waals surface area (Å²) in [5, 5.41) is 6.66. The topological polar surface area (TPSA) is 24.8 Å². The molecule has 1 aliphatic rings. The largest absolute Gasteiger partial charge is 0.483 e. The number of hydrogen-bond donors (Lipinski definition) is 0. The Hall–Kier alpha value is -1.51. The molecule has 0 saturated carbocycles. The molecule has 3 heteroatoms. The number of benzene rings is 1. The number of ether oxygens (including phenoxy) is 1. The molecule has 0 aliphatic carbocycles. The summed E-state index contributed by atoms with van der Waals surface area (Å²) in [6.45, 7) is 8.71. The van der Waals surface area contributed by atoms with Crippen LogP contribution in [0.25, 0.3) is 0 Å². The van der Waals surface area contributed by atoms with Gasteiger partial charge in [0.25, 0.3) is 0 Å². The van der Waals surface area contributed by atoms with Crippen molar-refractivity contribution >= 4 is 11.6 Å². The van der Waals surface area contributed by atoms with Crippen molar-refractivity contribution in [3.63, 3.8) is 0 Å². The van der Waals surface area contributed by atoms with E-state index in [1.165, 1.54) is 0 Å². The molecule has 0 unspecified atom stereocenters. The minimum atomic E-state index is -0.114. The number of hydrogen-bond acceptors (Lipinski definition) is 3. The summed E-state index contributed by atoms with van der Waals surface area (Å²) in [6.07, 6.45) is 0. The van der Waals surface area contributed by atoms with Crippen LogP contribution in [0.15, 0.2) is 35.4 Å². The third-order valence-corrected chi connectivity index (χ3v) is 3.98. The Balaban J connectivity index is 2.47. The smallest absolute Gasteiger partial charge is 0.214 e. The SMILES string of the molecule is COC1=NN(c2ccccc2)C(C)(C)C1(C)C. The Morgan fingerprint density at radius 1 is 1.06 bits per heavy atom. The third kappa shape index (κ3) is 1.61. The molecule has 17 heavy (non-hydrogen) atoms. The van der Waals surface area contributed by atoms with Gasteiger partial charge in [0.2, 0.25) is 5.90 Å². The van der Waals surface area contributed by atoms with E-state index in [9.17, 15) is 0 Å². The van der Waals surface area contributed by atoms with Gasteiger partial charge in [0, 0.05) is 0 Å². The van der Waals surface area contributed by atoms with E-state index < -0.39 is 0 Å². The number of anilines is 1. The number of hydrazone groups is 1. The fourth-order valence-corrected chi connectivity index (χ4v) is 2.11. The zero-order chi connectivity index (χ0) is 12.7. The molecule has 1 aromatic rings. The standard InChI is InChI=1S/C14H20N2O/c1-13(2)12(17-5)15-16(14(13,3)4)11-9-7-6-8-10-11/h6-10H,1-5H3. The highest BCUT2D eigenvalue weighted by Gasteiger charge is 2.52. The van der Waals surface area contributed by atoms with Crippen LogP contribution in [0.3, 0.4) is 0 Å². The molecule has 0 amide bonds. The van der Waals surface area contributed by atoms with Gasteiger partial charge in [0.05, 0.1) is 23.8 Å². The molecular formula is C14H20N2O. The predicted octanol–water partition coefficient (Wildman–Crippen LogP) is 3.27. The van der Waals surface area contributed by atoms with Gasteiger partial charge in [-0.05, 0) is 39.8 Å². The molecule has 92 valence electrons. The molecule has 0 bridgehead atoms. The van der Waals surface area contributed by atoms with Crippen LogP contribution in [0, 0.1) is 5.41 Å². The fraction of sp³-hybridized carbons (Fsp3) is 0.500. The van der Waals surface area contributed by atoms with Gasteiger partial charge in [0.15, 0.2) is 0 Å². The van der Waals surface area contributed by atoms with Crippen LogP contribution in [-0.2, 0) is 4.74 Å². The Morgan fingerprint density at radius 2 is 1.65 bits per heavy atom. The van der Waals surface area contributed by atoms with E-state index in [0.717, 1.165) is 11.6 Å². The number of nitrogens with zero attached hydrogens (tertiary/aromatic N) is 2. The summed E-state index contributed by atoms with van der Waals surface area (Å²) in [7, 11) is 1.69. The molecule has 1 aliphatic heterocycles. The van der Waals surface area contributed by atoms with E-state index in [1.807, 2.05) is 23.2 Å². The Labute approximate surface area is 103 Å². The van der Waals surface area contributed by atoms with Crippen LogP contribution in [-0.4, -0.2) is 18.5 Å². The monoisotopic (exact) mass is 232 g/mol. The summed E-state index contributed by atoms with van der Waals surface area (Å²) in [4.78, 5) is 0. The van der Waals surface area contributed by atoms with Crippen LogP contribution in [0.1, 0.15) is 27.7 Å². The van der Waals surface area contributed by atoms with E-state index >= 15 is 0 Å². The lowest BCUT2D eigenvalue weighted by Gasteiger charge is -2.39. The van der Waals surface area contributed by atoms with Crippen molar-refractivity contribution in [2.24, 2.45) is 10.5 Å². The van der Waals surface area contributed by atoms with Crippen LogP contribution < -0.4 is 5.01 Å². The summed E-state index contributed by atoms with van der Waals surface area (Å²) in [5.74, 6) is 0.784. The van der Waals surface area contributed by atoms with E-state index in [1.54, 1.807) is 7.11 Å². The number of para-hydroxylation sites is 1. The van der Waals surface area contributed by atoms with Gasteiger partial charge >= 0.3 is 0 Å². The molecule has 0 aromatic heterocycles. The van der Waals surface area contributed by atoms with Crippen molar-refractivity contribution in [3.05, 3.63) is 30.3 Å². The lowest BCUT2D eigenvalue weighted by atomic mass is 9.75. The third-order valence-electron chi connectivity index (χ3n) is 3.98. The van der Waals surface area contributed by atoms with Crippen LogP contribution >= 0.6 is 0 Å². The lowest BCUT2D eigenvalue weighted by Crippen LogP contribution is -2.49. The lowest BCUT2D eigenvalue weighted by molar-refractivity contribution is 0.255. The quantitative estimate of drug-likeness (QED) is 0.742. The molecular weight excluding hydrogens is 212 g/mol. The van der Waals surface area contributed by atoms with Gasteiger partial charge in [0.1, 0.15) is 0 Å². The van der Waals surface area contributed by atoms with Gasteiger partial charge in [-0.3, -0.25) is 5.01 Å². The fourth-order valence-electron chi connectivity index (χ4n) is 2.11. The van der Waals surface area contributed by atoms with Crippen molar-refractivity contribution in [1.29, 1.82) is 0 Å². The second kappa shape index (κ2) is 3.76. The second-order valence-corrected chi connectivity index (χ2v) is 5.44. The maximum Gasteiger partial charge on any atom is 0.214 e. The Kier molecular flexibility index (Phi) is 2.64. The summed E-state index contributed by atoms with van der Waals surface area (Å²) < 4.78 is 5.42. The average Bonchev–Trinajstić information content (AvgIpc) is 2.47. The van der Waals surface area contributed by atoms with Crippen LogP contribution in [0.5, 0.6) is 0 Å². The first-order valence-corrected chi connectivity index (χ1v) is 5.89. The summed E-state index contributed by atoms with van der Waals surface area (Å²) >= 11 is 0. The average molecular weight is 232 g/mol. The van der Waals surface area contributed by atoms with Crippen molar-refractivity contribution in [1.82, 2.24) is 0 Å². The molecule has 2 rings (SSSR count). The first-order chi connectivity index (χ1) is 7.91. The molecule has 0 saturated heterocycles. The second-order valence-electron chi connectivity index (χ2n) is 5.44. The molecule has 0 spiro atoms. The first-order valence-electron chi connectivity index (χ1n) is 5.89. The molecule has 0 atom stereocenters. The van der Waals surface area contributed by atoms with Crippen LogP contribution in [0.4, 0.5) is 5.69 Å². The van der Waals surface area contributed by atoms with E-state index in [2.05, 4.69) is 44.9 Å². The predicted molar refractivity (Wildman–Crippen MR) is 71.2 cm³/mol. The van der Waals surface area contributed by atoms with E-state index in [4.69, 9.17) is 4.74 Å². The highest BCUT2D eigenvalue weighted by Crippen LogP contribution is 2.44. The summed E-state index contributed by atoms with van der Waals surface area (Å²) in [6, 6.07) is 10.2. The van der Waals surface area contributed by atoms with Crippen molar-refractivity contribution in [2.45, 2.75) is 33.2 Å². The minimum absolute atomic E-state index is 0.111. The maximum atomic E-state index is 5.42. The number of rotatable bonds is 1. The zero-order valence-electron chi connectivity index (χ0n) is 11.2. The molecule has 0 N–H and O–H groups in total.